The molecule has 0 saturated carbocycles. The van der Waals surface area contributed by atoms with E-state index in [9.17, 15) is 8.78 Å². The minimum atomic E-state index is -0.664. The second-order valence-electron chi connectivity index (χ2n) is 5.58. The number of benzene rings is 2. The fraction of sp³-hybridized carbons (Fsp3) is 0.100. The van der Waals surface area contributed by atoms with Crippen LogP contribution in [0.1, 0.15) is 11.1 Å². The number of nitrogens with zero attached hydrogens (tertiary/aromatic N) is 2. The molecule has 3 aromatic rings. The molecule has 2 aromatic carbocycles. The topological polar surface area (TPSA) is 60.5 Å². The molecule has 1 heterocycles. The first kappa shape index (κ1) is 17.5. The standard InChI is InChI=1S/C20H17F2N3O/c21-16-8-4-9-17(22)15(16)13-26-18-10-5-11-24-20(18)25-19(23)12-14-6-2-1-3-7-14/h1-11H,12-13H2,(H2,23,24,25). The van der Waals surface area contributed by atoms with Crippen LogP contribution in [0.3, 0.4) is 0 Å². The van der Waals surface area contributed by atoms with E-state index in [1.165, 1.54) is 18.2 Å². The lowest BCUT2D eigenvalue weighted by Gasteiger charge is -2.10. The molecule has 0 aliphatic carbocycles. The van der Waals surface area contributed by atoms with E-state index in [0.717, 1.165) is 5.56 Å². The summed E-state index contributed by atoms with van der Waals surface area (Å²) in [5.41, 5.74) is 6.86. The number of aromatic nitrogens is 1. The zero-order valence-corrected chi connectivity index (χ0v) is 13.9. The zero-order valence-electron chi connectivity index (χ0n) is 13.9. The van der Waals surface area contributed by atoms with Gasteiger partial charge >= 0.3 is 0 Å². The minimum Gasteiger partial charge on any atom is -0.485 e. The van der Waals surface area contributed by atoms with E-state index in [0.29, 0.717) is 18.0 Å². The molecular weight excluding hydrogens is 336 g/mol. The van der Waals surface area contributed by atoms with Gasteiger partial charge in [0.1, 0.15) is 24.1 Å². The number of hydrogen-bond donors (Lipinski definition) is 1. The molecule has 1 aromatic heterocycles. The van der Waals surface area contributed by atoms with Crippen molar-refractivity contribution in [2.45, 2.75) is 13.0 Å². The van der Waals surface area contributed by atoms with Crippen LogP contribution in [0.15, 0.2) is 71.9 Å². The van der Waals surface area contributed by atoms with Crippen molar-refractivity contribution in [3.05, 3.63) is 89.6 Å². The van der Waals surface area contributed by atoms with Gasteiger partial charge in [0.15, 0.2) is 11.6 Å². The highest BCUT2D eigenvalue weighted by Gasteiger charge is 2.11. The second kappa shape index (κ2) is 8.20. The Bertz CT molecular complexity index is 894. The van der Waals surface area contributed by atoms with Crippen LogP contribution in [0, 0.1) is 11.6 Å². The van der Waals surface area contributed by atoms with Gasteiger partial charge in [-0.1, -0.05) is 36.4 Å². The molecule has 0 radical (unpaired) electrons. The third kappa shape index (κ3) is 4.42. The van der Waals surface area contributed by atoms with E-state index in [2.05, 4.69) is 9.98 Å². The fourth-order valence-corrected chi connectivity index (χ4v) is 2.38. The Balaban J connectivity index is 1.77. The molecule has 0 aliphatic rings. The Morgan fingerprint density at radius 3 is 2.42 bits per heavy atom. The van der Waals surface area contributed by atoms with Gasteiger partial charge in [0.05, 0.1) is 5.56 Å². The van der Waals surface area contributed by atoms with E-state index in [4.69, 9.17) is 10.5 Å². The summed E-state index contributed by atoms with van der Waals surface area (Å²) in [6.07, 6.45) is 2.00. The Kier molecular flexibility index (Phi) is 5.53. The number of nitrogens with two attached hydrogens (primary N) is 1. The summed E-state index contributed by atoms with van der Waals surface area (Å²) in [4.78, 5) is 8.42. The minimum absolute atomic E-state index is 0.149. The van der Waals surface area contributed by atoms with Crippen LogP contribution in [0.5, 0.6) is 5.75 Å². The van der Waals surface area contributed by atoms with Gasteiger partial charge in [0.25, 0.3) is 0 Å². The molecule has 0 saturated heterocycles. The summed E-state index contributed by atoms with van der Waals surface area (Å²) in [6.45, 7) is -0.273. The van der Waals surface area contributed by atoms with Crippen LogP contribution in [0.2, 0.25) is 0 Å². The zero-order chi connectivity index (χ0) is 18.4. The maximum absolute atomic E-state index is 13.7. The Labute approximate surface area is 150 Å². The Hall–Kier alpha value is -3.28. The number of ether oxygens (including phenoxy) is 1. The van der Waals surface area contributed by atoms with E-state index in [1.807, 2.05) is 30.3 Å². The quantitative estimate of drug-likeness (QED) is 0.534. The van der Waals surface area contributed by atoms with Gasteiger partial charge in [0, 0.05) is 12.6 Å². The molecule has 6 heteroatoms. The van der Waals surface area contributed by atoms with Crippen LogP contribution >= 0.6 is 0 Å². The Morgan fingerprint density at radius 2 is 1.69 bits per heavy atom. The first-order valence-electron chi connectivity index (χ1n) is 8.01. The van der Waals surface area contributed by atoms with Crippen LogP contribution in [0.4, 0.5) is 14.6 Å². The number of pyridine rings is 1. The molecule has 0 fully saturated rings. The van der Waals surface area contributed by atoms with Crippen molar-refractivity contribution in [1.82, 2.24) is 4.98 Å². The highest BCUT2D eigenvalue weighted by Crippen LogP contribution is 2.26. The maximum atomic E-state index is 13.7. The second-order valence-corrected chi connectivity index (χ2v) is 5.58. The summed E-state index contributed by atoms with van der Waals surface area (Å²) < 4.78 is 33.0. The third-order valence-corrected chi connectivity index (χ3v) is 3.66. The maximum Gasteiger partial charge on any atom is 0.196 e. The van der Waals surface area contributed by atoms with Gasteiger partial charge in [-0.3, -0.25) is 0 Å². The van der Waals surface area contributed by atoms with E-state index < -0.39 is 11.6 Å². The van der Waals surface area contributed by atoms with Gasteiger partial charge in [-0.15, -0.1) is 0 Å². The first-order chi connectivity index (χ1) is 12.6. The molecule has 0 atom stereocenters. The average molecular weight is 353 g/mol. The van der Waals surface area contributed by atoms with E-state index in [-0.39, 0.29) is 18.0 Å². The summed E-state index contributed by atoms with van der Waals surface area (Å²) in [5, 5.41) is 0. The predicted molar refractivity (Wildman–Crippen MR) is 96.4 cm³/mol. The number of hydrogen-bond acceptors (Lipinski definition) is 3. The third-order valence-electron chi connectivity index (χ3n) is 3.66. The number of aliphatic imine (C=N–C) groups is 1. The fourth-order valence-electron chi connectivity index (χ4n) is 2.38. The molecule has 0 aliphatic heterocycles. The normalized spacial score (nSPS) is 11.4. The van der Waals surface area contributed by atoms with E-state index in [1.54, 1.807) is 18.3 Å². The smallest absolute Gasteiger partial charge is 0.196 e. The van der Waals surface area contributed by atoms with Gasteiger partial charge in [-0.05, 0) is 29.8 Å². The van der Waals surface area contributed by atoms with Crippen LogP contribution in [-0.2, 0) is 13.0 Å². The predicted octanol–water partition coefficient (Wildman–Crippen LogP) is 4.17. The average Bonchev–Trinajstić information content (AvgIpc) is 2.63. The molecule has 26 heavy (non-hydrogen) atoms. The van der Waals surface area contributed by atoms with Gasteiger partial charge < -0.3 is 10.5 Å². The molecule has 2 N–H and O–H groups in total. The number of amidine groups is 1. The monoisotopic (exact) mass is 353 g/mol. The van der Waals surface area contributed by atoms with Gasteiger partial charge in [0.2, 0.25) is 0 Å². The summed E-state index contributed by atoms with van der Waals surface area (Å²) >= 11 is 0. The van der Waals surface area contributed by atoms with Crippen LogP contribution in [0.25, 0.3) is 0 Å². The number of rotatable bonds is 6. The number of halogens is 2. The van der Waals surface area contributed by atoms with Crippen molar-refractivity contribution in [2.24, 2.45) is 10.7 Å². The molecule has 0 amide bonds. The largest absolute Gasteiger partial charge is 0.485 e. The van der Waals surface area contributed by atoms with Crippen molar-refractivity contribution in [2.75, 3.05) is 0 Å². The van der Waals surface area contributed by atoms with Crippen molar-refractivity contribution >= 4 is 11.7 Å². The summed E-state index contributed by atoms with van der Waals surface area (Å²) in [7, 11) is 0. The Morgan fingerprint density at radius 1 is 0.962 bits per heavy atom. The van der Waals surface area contributed by atoms with Crippen molar-refractivity contribution in [1.29, 1.82) is 0 Å². The molecule has 0 bridgehead atoms. The molecule has 132 valence electrons. The summed E-state index contributed by atoms with van der Waals surface area (Å²) in [5.74, 6) is -0.411. The molecule has 0 unspecified atom stereocenters. The molecular formula is C20H17F2N3O. The van der Waals surface area contributed by atoms with Crippen LogP contribution in [-0.4, -0.2) is 10.8 Å². The molecule has 3 rings (SSSR count). The highest BCUT2D eigenvalue weighted by molar-refractivity contribution is 5.85. The van der Waals surface area contributed by atoms with Crippen molar-refractivity contribution in [3.8, 4) is 5.75 Å². The molecule has 4 nitrogen and oxygen atoms in total. The van der Waals surface area contributed by atoms with Gasteiger partial charge in [-0.2, -0.15) is 0 Å². The lowest BCUT2D eigenvalue weighted by atomic mass is 10.1. The van der Waals surface area contributed by atoms with Crippen molar-refractivity contribution < 1.29 is 13.5 Å². The van der Waals surface area contributed by atoms with Gasteiger partial charge in [-0.25, -0.2) is 18.8 Å². The lowest BCUT2D eigenvalue weighted by molar-refractivity contribution is 0.292. The first-order valence-corrected chi connectivity index (χ1v) is 8.01. The summed E-state index contributed by atoms with van der Waals surface area (Å²) in [6, 6.07) is 16.6. The molecule has 0 spiro atoms. The van der Waals surface area contributed by atoms with Crippen LogP contribution < -0.4 is 10.5 Å². The lowest BCUT2D eigenvalue weighted by Crippen LogP contribution is -2.14. The SMILES string of the molecule is NC(Cc1ccccc1)=Nc1ncccc1OCc1c(F)cccc1F. The van der Waals surface area contributed by atoms with Crippen molar-refractivity contribution in [3.63, 3.8) is 0 Å². The van der Waals surface area contributed by atoms with E-state index >= 15 is 0 Å². The highest BCUT2D eigenvalue weighted by atomic mass is 19.1.